The second-order valence-electron chi connectivity index (χ2n) is 6.13. The van der Waals surface area contributed by atoms with E-state index >= 15 is 0 Å². The molecule has 0 aliphatic heterocycles. The van der Waals surface area contributed by atoms with E-state index in [1.807, 2.05) is 0 Å². The fourth-order valence-corrected chi connectivity index (χ4v) is 2.46. The zero-order valence-corrected chi connectivity index (χ0v) is 14.0. The Balaban J connectivity index is 1.51. The van der Waals surface area contributed by atoms with Crippen LogP contribution in [0.5, 0.6) is 0 Å². The van der Waals surface area contributed by atoms with Gasteiger partial charge >= 0.3 is 0 Å². The maximum atomic E-state index is 12.2. The van der Waals surface area contributed by atoms with Crippen molar-refractivity contribution in [1.29, 1.82) is 0 Å². The van der Waals surface area contributed by atoms with Crippen molar-refractivity contribution in [2.75, 3.05) is 11.9 Å². The summed E-state index contributed by atoms with van der Waals surface area (Å²) in [5.41, 5.74) is 0.535. The van der Waals surface area contributed by atoms with E-state index in [-0.39, 0.29) is 17.5 Å². The molecule has 0 saturated heterocycles. The molecule has 0 bridgehead atoms. The van der Waals surface area contributed by atoms with E-state index in [2.05, 4.69) is 25.8 Å². The van der Waals surface area contributed by atoms with Crippen LogP contribution in [-0.4, -0.2) is 49.2 Å². The molecule has 1 aliphatic carbocycles. The first-order valence-electron chi connectivity index (χ1n) is 8.29. The second-order valence-corrected chi connectivity index (χ2v) is 6.13. The summed E-state index contributed by atoms with van der Waals surface area (Å²) in [6, 6.07) is 4.73. The monoisotopic (exact) mass is 375 g/mol. The molecule has 9 nitrogen and oxygen atoms in total. The highest BCUT2D eigenvalue weighted by Gasteiger charge is 2.30. The molecule has 140 valence electrons. The van der Waals surface area contributed by atoms with E-state index in [0.29, 0.717) is 17.3 Å². The minimum absolute atomic E-state index is 0.000522. The lowest BCUT2D eigenvalue weighted by Crippen LogP contribution is -2.28. The number of hydrogen-bond donors (Lipinski definition) is 2. The van der Waals surface area contributed by atoms with Gasteiger partial charge in [-0.1, -0.05) is 0 Å². The number of aromatic nitrogens is 5. The first-order chi connectivity index (χ1) is 13.0. The fraction of sp³-hybridized carbons (Fsp3) is 0.312. The van der Waals surface area contributed by atoms with E-state index in [1.165, 1.54) is 21.5 Å². The molecule has 3 heterocycles. The molecule has 1 fully saturated rings. The van der Waals surface area contributed by atoms with Crippen molar-refractivity contribution in [2.24, 2.45) is 5.92 Å². The Hall–Kier alpha value is -3.37. The van der Waals surface area contributed by atoms with Gasteiger partial charge in [0, 0.05) is 12.1 Å². The van der Waals surface area contributed by atoms with Gasteiger partial charge in [0.2, 0.25) is 5.91 Å². The maximum Gasteiger partial charge on any atom is 0.271 e. The van der Waals surface area contributed by atoms with Crippen LogP contribution in [-0.2, 0) is 4.79 Å². The van der Waals surface area contributed by atoms with E-state index in [9.17, 15) is 18.4 Å². The van der Waals surface area contributed by atoms with Crippen LogP contribution in [0.25, 0.3) is 11.5 Å². The Morgan fingerprint density at radius 3 is 2.78 bits per heavy atom. The summed E-state index contributed by atoms with van der Waals surface area (Å²) in [5, 5.41) is 13.2. The van der Waals surface area contributed by atoms with Gasteiger partial charge in [-0.15, -0.1) is 5.10 Å². The Bertz CT molecular complexity index is 1010. The molecule has 2 amide bonds. The minimum Gasteiger partial charge on any atom is -0.345 e. The number of imidazole rings is 1. The van der Waals surface area contributed by atoms with Crippen LogP contribution in [0, 0.1) is 5.92 Å². The number of fused-ring (bicyclic) bond motifs is 1. The van der Waals surface area contributed by atoms with Crippen molar-refractivity contribution in [2.45, 2.75) is 19.3 Å². The standard InChI is InChI=1S/C16H15F2N7O2/c17-11(18)7-19-16(27)10-5-6-24(22-10)14-4-3-13-20-12(8-25(13)23-14)21-15(26)9-1-2-9/h3-6,8-9,11H,1-2,7H2,(H,19,27)(H,21,26). The molecule has 0 spiro atoms. The predicted molar refractivity (Wildman–Crippen MR) is 89.8 cm³/mol. The Morgan fingerprint density at radius 2 is 2.04 bits per heavy atom. The molecule has 27 heavy (non-hydrogen) atoms. The molecule has 0 aromatic carbocycles. The summed E-state index contributed by atoms with van der Waals surface area (Å²) >= 11 is 0. The van der Waals surface area contributed by atoms with Crippen LogP contribution in [0.2, 0.25) is 0 Å². The molecule has 0 unspecified atom stereocenters. The minimum atomic E-state index is -2.63. The number of alkyl halides is 2. The molecular weight excluding hydrogens is 360 g/mol. The van der Waals surface area contributed by atoms with Crippen LogP contribution in [0.4, 0.5) is 14.6 Å². The average molecular weight is 375 g/mol. The lowest BCUT2D eigenvalue weighted by molar-refractivity contribution is -0.117. The van der Waals surface area contributed by atoms with Crippen LogP contribution >= 0.6 is 0 Å². The molecule has 2 N–H and O–H groups in total. The topological polar surface area (TPSA) is 106 Å². The summed E-state index contributed by atoms with van der Waals surface area (Å²) in [6.07, 6.45) is 2.25. The van der Waals surface area contributed by atoms with E-state index in [0.717, 1.165) is 12.8 Å². The summed E-state index contributed by atoms with van der Waals surface area (Å²) < 4.78 is 27.2. The number of amides is 2. The molecule has 4 rings (SSSR count). The summed E-state index contributed by atoms with van der Waals surface area (Å²) in [6.45, 7) is -0.736. The quantitative estimate of drug-likeness (QED) is 0.675. The molecular formula is C16H15F2N7O2. The molecule has 1 aliphatic rings. The summed E-state index contributed by atoms with van der Waals surface area (Å²) in [7, 11) is 0. The van der Waals surface area contributed by atoms with Crippen molar-refractivity contribution in [3.05, 3.63) is 36.3 Å². The lowest BCUT2D eigenvalue weighted by Gasteiger charge is -2.02. The van der Waals surface area contributed by atoms with Crippen LogP contribution < -0.4 is 10.6 Å². The van der Waals surface area contributed by atoms with Crippen molar-refractivity contribution in [1.82, 2.24) is 29.7 Å². The number of nitrogens with one attached hydrogen (secondary N) is 2. The Labute approximate surface area is 151 Å². The van der Waals surface area contributed by atoms with E-state index in [1.54, 1.807) is 18.3 Å². The molecule has 3 aromatic rings. The predicted octanol–water partition coefficient (Wildman–Crippen LogP) is 1.26. The van der Waals surface area contributed by atoms with Crippen LogP contribution in [0.3, 0.4) is 0 Å². The van der Waals surface area contributed by atoms with Crippen LogP contribution in [0.15, 0.2) is 30.6 Å². The highest BCUT2D eigenvalue weighted by molar-refractivity contribution is 5.93. The number of halogens is 2. The lowest BCUT2D eigenvalue weighted by atomic mass is 10.4. The van der Waals surface area contributed by atoms with Gasteiger partial charge in [0.05, 0.1) is 12.7 Å². The third-order valence-electron chi connectivity index (χ3n) is 3.98. The zero-order valence-electron chi connectivity index (χ0n) is 14.0. The van der Waals surface area contributed by atoms with E-state index < -0.39 is 18.9 Å². The third kappa shape index (κ3) is 3.76. The normalized spacial score (nSPS) is 13.9. The van der Waals surface area contributed by atoms with Crippen molar-refractivity contribution in [3.63, 3.8) is 0 Å². The number of rotatable bonds is 6. The number of anilines is 1. The number of hydrogen-bond acceptors (Lipinski definition) is 5. The third-order valence-corrected chi connectivity index (χ3v) is 3.98. The van der Waals surface area contributed by atoms with Gasteiger partial charge in [-0.2, -0.15) is 5.10 Å². The smallest absolute Gasteiger partial charge is 0.271 e. The summed E-state index contributed by atoms with van der Waals surface area (Å²) in [5.74, 6) is 0.127. The second kappa shape index (κ2) is 6.74. The Kier molecular flexibility index (Phi) is 4.26. The highest BCUT2D eigenvalue weighted by atomic mass is 19.3. The van der Waals surface area contributed by atoms with Gasteiger partial charge in [-0.3, -0.25) is 9.59 Å². The van der Waals surface area contributed by atoms with Gasteiger partial charge < -0.3 is 10.6 Å². The van der Waals surface area contributed by atoms with Crippen LogP contribution in [0.1, 0.15) is 23.3 Å². The van der Waals surface area contributed by atoms with Gasteiger partial charge in [0.15, 0.2) is 23.0 Å². The number of carbonyl (C=O) groups is 2. The largest absolute Gasteiger partial charge is 0.345 e. The number of nitrogens with zero attached hydrogens (tertiary/aromatic N) is 5. The molecule has 11 heteroatoms. The maximum absolute atomic E-state index is 12.2. The first-order valence-corrected chi connectivity index (χ1v) is 8.29. The average Bonchev–Trinajstić information content (AvgIpc) is 3.24. The number of carbonyl (C=O) groups excluding carboxylic acids is 2. The fourth-order valence-electron chi connectivity index (χ4n) is 2.46. The molecule has 0 radical (unpaired) electrons. The SMILES string of the molecule is O=C(NCC(F)F)c1ccn(-c2ccc3nc(NC(=O)C4CC4)cn3n2)n1. The molecule has 0 atom stereocenters. The zero-order chi connectivity index (χ0) is 19.0. The van der Waals surface area contributed by atoms with Gasteiger partial charge in [-0.05, 0) is 31.0 Å². The first kappa shape index (κ1) is 17.1. The van der Waals surface area contributed by atoms with Crippen molar-refractivity contribution in [3.8, 4) is 5.82 Å². The summed E-state index contributed by atoms with van der Waals surface area (Å²) in [4.78, 5) is 27.9. The van der Waals surface area contributed by atoms with Gasteiger partial charge in [0.25, 0.3) is 12.3 Å². The van der Waals surface area contributed by atoms with Gasteiger partial charge in [0.1, 0.15) is 0 Å². The molecule has 1 saturated carbocycles. The van der Waals surface area contributed by atoms with Gasteiger partial charge in [-0.25, -0.2) is 23.0 Å². The van der Waals surface area contributed by atoms with Crippen molar-refractivity contribution < 1.29 is 18.4 Å². The molecule has 3 aromatic heterocycles. The van der Waals surface area contributed by atoms with E-state index in [4.69, 9.17) is 0 Å². The Morgan fingerprint density at radius 1 is 1.22 bits per heavy atom. The van der Waals surface area contributed by atoms with Crippen molar-refractivity contribution >= 4 is 23.3 Å². The highest BCUT2D eigenvalue weighted by Crippen LogP contribution is 2.30.